The average molecular weight is 414 g/mol. The molecular formula is C22H33F2NO4. The summed E-state index contributed by atoms with van der Waals surface area (Å²) in [4.78, 5) is 0. The van der Waals surface area contributed by atoms with Gasteiger partial charge in [-0.2, -0.15) is 8.78 Å². The molecule has 1 heterocycles. The first-order valence-electron chi connectivity index (χ1n) is 10.4. The van der Waals surface area contributed by atoms with Crippen molar-refractivity contribution in [1.82, 2.24) is 5.32 Å². The molecule has 1 aromatic rings. The van der Waals surface area contributed by atoms with Gasteiger partial charge in [-0.05, 0) is 50.4 Å². The first-order valence-corrected chi connectivity index (χ1v) is 10.4. The van der Waals surface area contributed by atoms with Gasteiger partial charge in [-0.15, -0.1) is 0 Å². The maximum Gasteiger partial charge on any atom is 0.387 e. The monoisotopic (exact) mass is 413 g/mol. The first kappa shape index (κ1) is 22.4. The molecule has 5 nitrogen and oxygen atoms in total. The van der Waals surface area contributed by atoms with E-state index in [0.717, 1.165) is 5.56 Å². The van der Waals surface area contributed by atoms with E-state index in [-0.39, 0.29) is 17.2 Å². The second-order valence-corrected chi connectivity index (χ2v) is 9.25. The van der Waals surface area contributed by atoms with Gasteiger partial charge in [0.25, 0.3) is 0 Å². The molecule has 1 atom stereocenters. The van der Waals surface area contributed by atoms with Crippen LogP contribution in [0.25, 0.3) is 0 Å². The van der Waals surface area contributed by atoms with E-state index < -0.39 is 18.0 Å². The Morgan fingerprint density at radius 3 is 2.21 bits per heavy atom. The van der Waals surface area contributed by atoms with Gasteiger partial charge in [0.1, 0.15) is 5.75 Å². The second-order valence-electron chi connectivity index (χ2n) is 9.25. The molecule has 0 unspecified atom stereocenters. The van der Waals surface area contributed by atoms with Gasteiger partial charge in [0, 0.05) is 24.3 Å². The maximum atomic E-state index is 12.2. The van der Waals surface area contributed by atoms with Crippen molar-refractivity contribution in [3.8, 4) is 5.75 Å². The van der Waals surface area contributed by atoms with Crippen LogP contribution in [0.2, 0.25) is 0 Å². The first-order chi connectivity index (χ1) is 13.6. The molecular weight excluding hydrogens is 380 g/mol. The van der Waals surface area contributed by atoms with Crippen LogP contribution < -0.4 is 10.1 Å². The smallest absolute Gasteiger partial charge is 0.387 e. The van der Waals surface area contributed by atoms with Gasteiger partial charge in [-0.25, -0.2) is 0 Å². The molecule has 1 aliphatic carbocycles. The fourth-order valence-electron chi connectivity index (χ4n) is 3.95. The topological polar surface area (TPSA) is 60.0 Å². The van der Waals surface area contributed by atoms with Crippen LogP contribution in [0.15, 0.2) is 24.3 Å². The van der Waals surface area contributed by atoms with Crippen LogP contribution >= 0.6 is 0 Å². The number of hydrogen-bond acceptors (Lipinski definition) is 5. The Labute approximate surface area is 171 Å². The van der Waals surface area contributed by atoms with E-state index in [1.54, 1.807) is 24.3 Å². The van der Waals surface area contributed by atoms with Crippen molar-refractivity contribution in [2.24, 2.45) is 5.41 Å². The van der Waals surface area contributed by atoms with Crippen LogP contribution in [0.1, 0.15) is 64.5 Å². The molecule has 7 heteroatoms. The van der Waals surface area contributed by atoms with E-state index in [2.05, 4.69) is 23.9 Å². The Balaban J connectivity index is 1.42. The highest BCUT2D eigenvalue weighted by Crippen LogP contribution is 2.43. The molecule has 0 radical (unpaired) electrons. The summed E-state index contributed by atoms with van der Waals surface area (Å²) in [5, 5.41) is 14.4. The molecule has 1 aliphatic heterocycles. The molecule has 1 saturated heterocycles. The SMILES string of the molecule is C[C@H](NCCC1(O)CCC2(CC1)OCC(C)(C)CO2)c1ccc(OC(F)F)cc1. The Bertz CT molecular complexity index is 645. The fourth-order valence-corrected chi connectivity index (χ4v) is 3.95. The van der Waals surface area contributed by atoms with Crippen molar-refractivity contribution in [2.45, 2.75) is 76.9 Å². The Kier molecular flexibility index (Phi) is 6.83. The van der Waals surface area contributed by atoms with Gasteiger partial charge >= 0.3 is 6.61 Å². The summed E-state index contributed by atoms with van der Waals surface area (Å²) >= 11 is 0. The van der Waals surface area contributed by atoms with Crippen LogP contribution in [0, 0.1) is 5.41 Å². The van der Waals surface area contributed by atoms with Crippen molar-refractivity contribution < 1.29 is 28.1 Å². The van der Waals surface area contributed by atoms with Crippen molar-refractivity contribution >= 4 is 0 Å². The number of rotatable bonds is 7. The third-order valence-electron chi connectivity index (χ3n) is 6.04. The summed E-state index contributed by atoms with van der Waals surface area (Å²) in [6.45, 7) is 5.49. The minimum atomic E-state index is -2.82. The van der Waals surface area contributed by atoms with Gasteiger partial charge in [0.15, 0.2) is 5.79 Å². The summed E-state index contributed by atoms with van der Waals surface area (Å²) in [5.74, 6) is -0.373. The molecule has 1 spiro atoms. The number of alkyl halides is 2. The zero-order valence-electron chi connectivity index (χ0n) is 17.5. The second kappa shape index (κ2) is 8.84. The Hall–Kier alpha value is -1.28. The van der Waals surface area contributed by atoms with Crippen LogP contribution in [0.3, 0.4) is 0 Å². The lowest BCUT2D eigenvalue weighted by atomic mass is 9.78. The molecule has 0 aromatic heterocycles. The zero-order valence-corrected chi connectivity index (χ0v) is 17.5. The highest BCUT2D eigenvalue weighted by atomic mass is 19.3. The van der Waals surface area contributed by atoms with Crippen LogP contribution in [0.4, 0.5) is 8.78 Å². The van der Waals surface area contributed by atoms with Gasteiger partial charge in [0.2, 0.25) is 0 Å². The van der Waals surface area contributed by atoms with Crippen molar-refractivity contribution in [2.75, 3.05) is 19.8 Å². The summed E-state index contributed by atoms with van der Waals surface area (Å²) in [6, 6.07) is 6.67. The van der Waals surface area contributed by atoms with Crippen molar-refractivity contribution in [1.29, 1.82) is 0 Å². The van der Waals surface area contributed by atoms with E-state index in [4.69, 9.17) is 9.47 Å². The van der Waals surface area contributed by atoms with Gasteiger partial charge in [-0.1, -0.05) is 26.0 Å². The molecule has 2 aliphatic rings. The molecule has 164 valence electrons. The molecule has 29 heavy (non-hydrogen) atoms. The number of hydrogen-bond donors (Lipinski definition) is 2. The van der Waals surface area contributed by atoms with Crippen LogP contribution in [0.5, 0.6) is 5.75 Å². The largest absolute Gasteiger partial charge is 0.435 e. The predicted octanol–water partition coefficient (Wildman–Crippen LogP) is 4.40. The molecule has 2 fully saturated rings. The Morgan fingerprint density at radius 2 is 1.66 bits per heavy atom. The highest BCUT2D eigenvalue weighted by molar-refractivity contribution is 5.28. The standard InChI is InChI=1S/C22H33F2NO4/c1-16(17-4-6-18(7-5-17)29-19(23)24)25-13-12-21(26)8-10-22(11-9-21)27-14-20(2,3)15-28-22/h4-7,16,19,25-26H,8-15H2,1-3H3/t16-/m0/s1. The van der Waals surface area contributed by atoms with E-state index in [0.29, 0.717) is 51.9 Å². The van der Waals surface area contributed by atoms with Gasteiger partial charge in [0.05, 0.1) is 18.8 Å². The molecule has 1 aromatic carbocycles. The zero-order chi connectivity index (χ0) is 21.1. The van der Waals surface area contributed by atoms with Gasteiger partial charge < -0.3 is 24.6 Å². The minimum Gasteiger partial charge on any atom is -0.435 e. The number of halogens is 2. The van der Waals surface area contributed by atoms with Crippen LogP contribution in [-0.2, 0) is 9.47 Å². The highest BCUT2D eigenvalue weighted by Gasteiger charge is 2.46. The van der Waals surface area contributed by atoms with Crippen molar-refractivity contribution in [3.63, 3.8) is 0 Å². The number of benzene rings is 1. The quantitative estimate of drug-likeness (QED) is 0.694. The summed E-state index contributed by atoms with van der Waals surface area (Å²) in [7, 11) is 0. The molecule has 0 bridgehead atoms. The summed E-state index contributed by atoms with van der Waals surface area (Å²) < 4.78 is 40.9. The average Bonchev–Trinajstić information content (AvgIpc) is 2.67. The molecule has 3 rings (SSSR count). The number of nitrogens with one attached hydrogen (secondary N) is 1. The lowest BCUT2D eigenvalue weighted by molar-refractivity contribution is -0.319. The molecule has 2 N–H and O–H groups in total. The summed E-state index contributed by atoms with van der Waals surface area (Å²) in [6.07, 6.45) is 3.37. The number of ether oxygens (including phenoxy) is 3. The molecule has 1 saturated carbocycles. The van der Waals surface area contributed by atoms with Gasteiger partial charge in [-0.3, -0.25) is 0 Å². The van der Waals surface area contributed by atoms with E-state index in [1.165, 1.54) is 0 Å². The fraction of sp³-hybridized carbons (Fsp3) is 0.727. The third-order valence-corrected chi connectivity index (χ3v) is 6.04. The molecule has 0 amide bonds. The van der Waals surface area contributed by atoms with Crippen molar-refractivity contribution in [3.05, 3.63) is 29.8 Å². The maximum absolute atomic E-state index is 12.2. The lowest BCUT2D eigenvalue weighted by Crippen LogP contribution is -2.52. The Morgan fingerprint density at radius 1 is 1.07 bits per heavy atom. The minimum absolute atomic E-state index is 0.0429. The third kappa shape index (κ3) is 6.10. The van der Waals surface area contributed by atoms with E-state index in [1.807, 2.05) is 6.92 Å². The normalized spacial score (nSPS) is 23.8. The lowest BCUT2D eigenvalue weighted by Gasteiger charge is -2.48. The summed E-state index contributed by atoms with van der Waals surface area (Å²) in [5.41, 5.74) is 0.308. The van der Waals surface area contributed by atoms with E-state index >= 15 is 0 Å². The van der Waals surface area contributed by atoms with E-state index in [9.17, 15) is 13.9 Å². The predicted molar refractivity (Wildman–Crippen MR) is 106 cm³/mol. The number of aliphatic hydroxyl groups is 1. The van der Waals surface area contributed by atoms with Crippen LogP contribution in [-0.4, -0.2) is 42.9 Å².